The summed E-state index contributed by atoms with van der Waals surface area (Å²) in [7, 11) is 0. The number of benzene rings is 2. The minimum absolute atomic E-state index is 0.304. The molecule has 0 aromatic heterocycles. The smallest absolute Gasteiger partial charge is 0.333 e. The quantitative estimate of drug-likeness (QED) is 0.263. The van der Waals surface area contributed by atoms with Gasteiger partial charge in [0.05, 0.1) is 19.5 Å². The van der Waals surface area contributed by atoms with Gasteiger partial charge in [0.2, 0.25) is 0 Å². The highest BCUT2D eigenvalue weighted by Crippen LogP contribution is 2.25. The lowest BCUT2D eigenvalue weighted by molar-refractivity contribution is -0.139. The van der Waals surface area contributed by atoms with Crippen molar-refractivity contribution in [2.24, 2.45) is 0 Å². The molecule has 0 saturated carbocycles. The summed E-state index contributed by atoms with van der Waals surface area (Å²) in [6.45, 7) is 9.41. The molecule has 0 atom stereocenters. The topological polar surface area (TPSA) is 54.0 Å². The molecular formula is C21H22O5. The lowest BCUT2D eigenvalue weighted by Gasteiger charge is -2.09. The highest BCUT2D eigenvalue weighted by molar-refractivity contribution is 5.86. The van der Waals surface area contributed by atoms with E-state index >= 15 is 0 Å². The lowest BCUT2D eigenvalue weighted by Crippen LogP contribution is -2.09. The number of hydrogen-bond acceptors (Lipinski definition) is 5. The van der Waals surface area contributed by atoms with Crippen molar-refractivity contribution < 1.29 is 23.7 Å². The summed E-state index contributed by atoms with van der Waals surface area (Å²) >= 11 is 0. The van der Waals surface area contributed by atoms with Gasteiger partial charge in [0.15, 0.2) is 0 Å². The van der Waals surface area contributed by atoms with Gasteiger partial charge in [-0.05, 0) is 55.5 Å². The molecule has 0 N–H and O–H groups in total. The van der Waals surface area contributed by atoms with Crippen molar-refractivity contribution in [3.05, 3.63) is 73.5 Å². The van der Waals surface area contributed by atoms with E-state index in [4.69, 9.17) is 18.9 Å². The van der Waals surface area contributed by atoms with Crippen molar-refractivity contribution in [2.75, 3.05) is 13.2 Å². The van der Waals surface area contributed by atoms with Gasteiger partial charge in [-0.2, -0.15) is 0 Å². The van der Waals surface area contributed by atoms with E-state index in [1.807, 2.05) is 36.4 Å². The average Bonchev–Trinajstić information content (AvgIpc) is 2.64. The summed E-state index contributed by atoms with van der Waals surface area (Å²) in [6.07, 6.45) is 1.98. The molecule has 136 valence electrons. The van der Waals surface area contributed by atoms with E-state index in [0.717, 1.165) is 5.75 Å². The van der Waals surface area contributed by atoms with Crippen LogP contribution in [0.25, 0.3) is 0 Å². The Morgan fingerprint density at radius 2 is 1.46 bits per heavy atom. The lowest BCUT2D eigenvalue weighted by atomic mass is 10.3. The summed E-state index contributed by atoms with van der Waals surface area (Å²) in [5, 5.41) is 0. The van der Waals surface area contributed by atoms with Crippen LogP contribution in [0.5, 0.6) is 23.0 Å². The third-order valence-electron chi connectivity index (χ3n) is 3.24. The van der Waals surface area contributed by atoms with Crippen LogP contribution < -0.4 is 14.2 Å². The highest BCUT2D eigenvalue weighted by Gasteiger charge is 2.03. The molecule has 0 spiro atoms. The second kappa shape index (κ2) is 9.93. The van der Waals surface area contributed by atoms with Crippen molar-refractivity contribution in [1.29, 1.82) is 0 Å². The van der Waals surface area contributed by atoms with Crippen LogP contribution in [0.2, 0.25) is 0 Å². The molecule has 0 aliphatic heterocycles. The first kappa shape index (κ1) is 19.1. The SMILES string of the molecule is C=COc1ccc(Oc2ccc(OCCCOC(=O)C(=C)C)cc2)cc1. The molecule has 0 saturated heterocycles. The van der Waals surface area contributed by atoms with E-state index in [-0.39, 0.29) is 5.97 Å². The fourth-order valence-electron chi connectivity index (χ4n) is 1.96. The maximum Gasteiger partial charge on any atom is 0.333 e. The zero-order valence-electron chi connectivity index (χ0n) is 14.8. The molecular weight excluding hydrogens is 332 g/mol. The fourth-order valence-corrected chi connectivity index (χ4v) is 1.96. The normalized spacial score (nSPS) is 9.88. The van der Waals surface area contributed by atoms with Crippen LogP contribution in [0.4, 0.5) is 0 Å². The first-order valence-corrected chi connectivity index (χ1v) is 8.19. The number of carbonyl (C=O) groups is 1. The van der Waals surface area contributed by atoms with Crippen molar-refractivity contribution in [3.63, 3.8) is 0 Å². The van der Waals surface area contributed by atoms with Crippen LogP contribution in [0.3, 0.4) is 0 Å². The average molecular weight is 354 g/mol. The van der Waals surface area contributed by atoms with Gasteiger partial charge in [-0.25, -0.2) is 4.79 Å². The number of ether oxygens (including phenoxy) is 4. The first-order chi connectivity index (χ1) is 12.6. The Hall–Kier alpha value is -3.21. The van der Waals surface area contributed by atoms with Crippen molar-refractivity contribution in [3.8, 4) is 23.0 Å². The Kier molecular flexibility index (Phi) is 7.31. The summed E-state index contributed by atoms with van der Waals surface area (Å²) < 4.78 is 21.5. The Balaban J connectivity index is 1.74. The maximum absolute atomic E-state index is 11.2. The van der Waals surface area contributed by atoms with Gasteiger partial charge < -0.3 is 18.9 Å². The summed E-state index contributed by atoms with van der Waals surface area (Å²) in [4.78, 5) is 11.2. The van der Waals surface area contributed by atoms with Crippen LogP contribution in [0, 0.1) is 0 Å². The standard InChI is InChI=1S/C21H22O5/c1-4-23-17-6-10-19(11-7-17)26-20-12-8-18(9-13-20)24-14-5-15-25-21(22)16(2)3/h4,6-13H,1-2,5,14-15H2,3H3. The van der Waals surface area contributed by atoms with Crippen LogP contribution >= 0.6 is 0 Å². The highest BCUT2D eigenvalue weighted by atomic mass is 16.5. The van der Waals surface area contributed by atoms with E-state index in [9.17, 15) is 4.79 Å². The second-order valence-corrected chi connectivity index (χ2v) is 5.45. The Morgan fingerprint density at radius 1 is 0.923 bits per heavy atom. The first-order valence-electron chi connectivity index (χ1n) is 8.19. The number of hydrogen-bond donors (Lipinski definition) is 0. The van der Waals surface area contributed by atoms with E-state index in [2.05, 4.69) is 13.2 Å². The zero-order valence-corrected chi connectivity index (χ0v) is 14.8. The van der Waals surface area contributed by atoms with Gasteiger partial charge in [-0.15, -0.1) is 0 Å². The Morgan fingerprint density at radius 3 is 2.00 bits per heavy atom. The van der Waals surface area contributed by atoms with E-state index < -0.39 is 0 Å². The Labute approximate surface area is 153 Å². The fraction of sp³-hybridized carbons (Fsp3) is 0.190. The molecule has 0 heterocycles. The molecule has 2 aromatic carbocycles. The van der Waals surface area contributed by atoms with Gasteiger partial charge in [0.25, 0.3) is 0 Å². The summed E-state index contributed by atoms with van der Waals surface area (Å²) in [5.41, 5.74) is 0.393. The molecule has 5 nitrogen and oxygen atoms in total. The molecule has 0 aliphatic rings. The van der Waals surface area contributed by atoms with Gasteiger partial charge in [-0.3, -0.25) is 0 Å². The molecule has 26 heavy (non-hydrogen) atoms. The van der Waals surface area contributed by atoms with Gasteiger partial charge in [0.1, 0.15) is 23.0 Å². The van der Waals surface area contributed by atoms with Gasteiger partial charge in [0, 0.05) is 12.0 Å². The molecule has 0 fully saturated rings. The minimum atomic E-state index is -0.379. The van der Waals surface area contributed by atoms with Crippen LogP contribution in [0.15, 0.2) is 73.5 Å². The molecule has 2 aromatic rings. The number of esters is 1. The minimum Gasteiger partial charge on any atom is -0.493 e. The van der Waals surface area contributed by atoms with Crippen molar-refractivity contribution >= 4 is 5.97 Å². The van der Waals surface area contributed by atoms with Gasteiger partial charge in [-0.1, -0.05) is 13.2 Å². The summed E-state index contributed by atoms with van der Waals surface area (Å²) in [6, 6.07) is 14.5. The van der Waals surface area contributed by atoms with Gasteiger partial charge >= 0.3 is 5.97 Å². The monoisotopic (exact) mass is 354 g/mol. The van der Waals surface area contributed by atoms with Crippen molar-refractivity contribution in [2.45, 2.75) is 13.3 Å². The second-order valence-electron chi connectivity index (χ2n) is 5.45. The van der Waals surface area contributed by atoms with Crippen LogP contribution in [0.1, 0.15) is 13.3 Å². The van der Waals surface area contributed by atoms with E-state index in [1.165, 1.54) is 6.26 Å². The molecule has 0 bridgehead atoms. The maximum atomic E-state index is 11.2. The number of carbonyl (C=O) groups excluding carboxylic acids is 1. The third-order valence-corrected chi connectivity index (χ3v) is 3.24. The van der Waals surface area contributed by atoms with Crippen LogP contribution in [-0.2, 0) is 9.53 Å². The molecule has 5 heteroatoms. The molecule has 2 rings (SSSR count). The molecule has 0 radical (unpaired) electrons. The summed E-state index contributed by atoms with van der Waals surface area (Å²) in [5.74, 6) is 2.44. The largest absolute Gasteiger partial charge is 0.493 e. The molecule has 0 unspecified atom stereocenters. The third kappa shape index (κ3) is 6.36. The number of rotatable bonds is 10. The molecule has 0 amide bonds. The van der Waals surface area contributed by atoms with Crippen LogP contribution in [-0.4, -0.2) is 19.2 Å². The Bertz CT molecular complexity index is 732. The van der Waals surface area contributed by atoms with E-state index in [1.54, 1.807) is 19.1 Å². The van der Waals surface area contributed by atoms with E-state index in [0.29, 0.717) is 42.5 Å². The zero-order chi connectivity index (χ0) is 18.8. The predicted octanol–water partition coefficient (Wildman–Crippen LogP) is 4.89. The molecule has 0 aliphatic carbocycles. The van der Waals surface area contributed by atoms with Crippen molar-refractivity contribution in [1.82, 2.24) is 0 Å². The predicted molar refractivity (Wildman–Crippen MR) is 99.7 cm³/mol.